The number of hydrogen-bond acceptors (Lipinski definition) is 8. The quantitative estimate of drug-likeness (QED) is 0.281. The molecule has 42 heavy (non-hydrogen) atoms. The van der Waals surface area contributed by atoms with Crippen LogP contribution in [0.5, 0.6) is 0 Å². The average molecular weight is 579 g/mol. The van der Waals surface area contributed by atoms with E-state index in [1.165, 1.54) is 0 Å². The number of esters is 1. The summed E-state index contributed by atoms with van der Waals surface area (Å²) >= 11 is 0. The Morgan fingerprint density at radius 3 is 1.74 bits per heavy atom. The highest BCUT2D eigenvalue weighted by Crippen LogP contribution is 2.32. The summed E-state index contributed by atoms with van der Waals surface area (Å²) < 4.78 is 36.7. The molecule has 6 atom stereocenters. The van der Waals surface area contributed by atoms with Gasteiger partial charge in [-0.05, 0) is 37.5 Å². The van der Waals surface area contributed by atoms with Gasteiger partial charge in [0.05, 0.1) is 31.8 Å². The van der Waals surface area contributed by atoms with Crippen LogP contribution in [0, 0.1) is 5.41 Å². The topological polar surface area (TPSA) is 92.7 Å². The predicted molar refractivity (Wildman–Crippen MR) is 157 cm³/mol. The van der Waals surface area contributed by atoms with Crippen molar-refractivity contribution in [1.82, 2.24) is 0 Å². The molecule has 1 aliphatic heterocycles. The first-order valence-electron chi connectivity index (χ1n) is 14.3. The van der Waals surface area contributed by atoms with E-state index in [0.29, 0.717) is 6.61 Å². The van der Waals surface area contributed by atoms with Crippen LogP contribution in [0.4, 0.5) is 0 Å². The van der Waals surface area contributed by atoms with Gasteiger partial charge in [-0.25, -0.2) is 0 Å². The molecule has 1 fully saturated rings. The summed E-state index contributed by atoms with van der Waals surface area (Å²) in [6, 6.07) is 29.2. The fourth-order valence-corrected chi connectivity index (χ4v) is 4.61. The molecule has 4 rings (SSSR count). The number of carbonyl (C=O) groups excluding carboxylic acids is 1. The molecule has 0 saturated carbocycles. The van der Waals surface area contributed by atoms with Gasteiger partial charge in [-0.15, -0.1) is 0 Å². The number of aliphatic hydroxyl groups is 1. The Morgan fingerprint density at radius 1 is 0.786 bits per heavy atom. The van der Waals surface area contributed by atoms with Gasteiger partial charge in [0.25, 0.3) is 0 Å². The molecule has 1 saturated heterocycles. The monoisotopic (exact) mass is 578 g/mol. The smallest absolute Gasteiger partial charge is 0.313 e. The molecular weight excluding hydrogens is 536 g/mol. The summed E-state index contributed by atoms with van der Waals surface area (Å²) in [5.74, 6) is -0.509. The third-order valence-electron chi connectivity index (χ3n) is 7.02. The summed E-state index contributed by atoms with van der Waals surface area (Å²) in [5, 5.41) is 11.5. The lowest BCUT2D eigenvalue weighted by atomic mass is 9.94. The van der Waals surface area contributed by atoms with E-state index in [2.05, 4.69) is 0 Å². The Kier molecular flexibility index (Phi) is 11.7. The van der Waals surface area contributed by atoms with Gasteiger partial charge >= 0.3 is 5.97 Å². The molecule has 3 aromatic carbocycles. The molecule has 0 radical (unpaired) electrons. The maximum absolute atomic E-state index is 12.9. The van der Waals surface area contributed by atoms with Crippen LogP contribution >= 0.6 is 0 Å². The van der Waals surface area contributed by atoms with Gasteiger partial charge in [0, 0.05) is 7.11 Å². The Bertz CT molecular complexity index is 1200. The second-order valence-corrected chi connectivity index (χ2v) is 11.4. The van der Waals surface area contributed by atoms with E-state index >= 15 is 0 Å². The molecule has 1 aliphatic rings. The van der Waals surface area contributed by atoms with Crippen LogP contribution in [0.1, 0.15) is 37.5 Å². The van der Waals surface area contributed by atoms with Gasteiger partial charge in [0.1, 0.15) is 30.5 Å². The lowest BCUT2D eigenvalue weighted by molar-refractivity contribution is -0.322. The number of carbonyl (C=O) groups is 1. The zero-order valence-electron chi connectivity index (χ0n) is 24.8. The Labute approximate surface area is 248 Å². The van der Waals surface area contributed by atoms with E-state index in [1.54, 1.807) is 27.9 Å². The van der Waals surface area contributed by atoms with Gasteiger partial charge in [0.15, 0.2) is 0 Å². The number of ether oxygens (including phenoxy) is 6. The molecule has 3 aromatic rings. The molecule has 8 heteroatoms. The summed E-state index contributed by atoms with van der Waals surface area (Å²) in [6.07, 6.45) is -5.72. The van der Waals surface area contributed by atoms with Gasteiger partial charge in [-0.2, -0.15) is 0 Å². The lowest BCUT2D eigenvalue weighted by Crippen LogP contribution is -2.64. The third kappa shape index (κ3) is 8.94. The molecule has 1 heterocycles. The molecule has 8 nitrogen and oxygen atoms in total. The van der Waals surface area contributed by atoms with Crippen LogP contribution in [0.3, 0.4) is 0 Å². The first kappa shape index (κ1) is 31.8. The van der Waals surface area contributed by atoms with E-state index < -0.39 is 48.2 Å². The molecule has 0 bridgehead atoms. The van der Waals surface area contributed by atoms with E-state index in [-0.39, 0.29) is 19.8 Å². The third-order valence-corrected chi connectivity index (χ3v) is 7.02. The predicted octanol–water partition coefficient (Wildman–Crippen LogP) is 5.06. The number of methoxy groups -OCH3 is 1. The highest BCUT2D eigenvalue weighted by molar-refractivity contribution is 5.75. The van der Waals surface area contributed by atoms with Crippen molar-refractivity contribution >= 4 is 5.97 Å². The van der Waals surface area contributed by atoms with Gasteiger partial charge < -0.3 is 33.5 Å². The van der Waals surface area contributed by atoms with Gasteiger partial charge in [-0.1, -0.05) is 91.0 Å². The Hall–Kier alpha value is -3.11. The zero-order valence-corrected chi connectivity index (χ0v) is 24.8. The highest BCUT2D eigenvalue weighted by atomic mass is 16.7. The van der Waals surface area contributed by atoms with E-state index in [0.717, 1.165) is 16.7 Å². The van der Waals surface area contributed by atoms with Crippen molar-refractivity contribution in [1.29, 1.82) is 0 Å². The second-order valence-electron chi connectivity index (χ2n) is 11.4. The van der Waals surface area contributed by atoms with Crippen LogP contribution in [0.15, 0.2) is 91.0 Å². The average Bonchev–Trinajstić information content (AvgIpc) is 3.00. The molecule has 0 spiro atoms. The van der Waals surface area contributed by atoms with Crippen LogP contribution in [-0.2, 0) is 53.0 Å². The molecule has 1 N–H and O–H groups in total. The second kappa shape index (κ2) is 15.4. The fraction of sp³-hybridized carbons (Fsp3) is 0.441. The summed E-state index contributed by atoms with van der Waals surface area (Å²) in [4.78, 5) is 12.9. The summed E-state index contributed by atoms with van der Waals surface area (Å²) in [6.45, 7) is 6.23. The first-order valence-corrected chi connectivity index (χ1v) is 14.3. The molecule has 0 amide bonds. The first-order chi connectivity index (χ1) is 20.3. The molecule has 0 unspecified atom stereocenters. The van der Waals surface area contributed by atoms with Crippen molar-refractivity contribution in [2.24, 2.45) is 5.41 Å². The minimum atomic E-state index is -1.32. The van der Waals surface area contributed by atoms with Crippen molar-refractivity contribution in [2.45, 2.75) is 77.4 Å². The normalized spacial score (nSPS) is 23.3. The van der Waals surface area contributed by atoms with Crippen LogP contribution in [0.25, 0.3) is 0 Å². The maximum atomic E-state index is 12.9. The number of hydrogen-bond donors (Lipinski definition) is 1. The summed E-state index contributed by atoms with van der Waals surface area (Å²) in [5.41, 5.74) is 2.08. The van der Waals surface area contributed by atoms with Crippen LogP contribution < -0.4 is 0 Å². The van der Waals surface area contributed by atoms with Crippen molar-refractivity contribution in [3.63, 3.8) is 0 Å². The SMILES string of the molecule is CO[C@H](COCc1ccccc1)[C@@H]1O[C@@H](OC(=O)C(C)(C)C)[C@H](O)[C@H](OCc2ccccc2)[C@H]1OCc1ccccc1. The van der Waals surface area contributed by atoms with Gasteiger partial charge in [0.2, 0.25) is 6.29 Å². The van der Waals surface area contributed by atoms with Crippen LogP contribution in [0.2, 0.25) is 0 Å². The molecule has 0 aliphatic carbocycles. The van der Waals surface area contributed by atoms with Crippen molar-refractivity contribution in [2.75, 3.05) is 13.7 Å². The maximum Gasteiger partial charge on any atom is 0.313 e. The lowest BCUT2D eigenvalue weighted by Gasteiger charge is -2.46. The number of aliphatic hydroxyl groups excluding tert-OH is 1. The molecule has 0 aromatic heterocycles. The van der Waals surface area contributed by atoms with Crippen molar-refractivity contribution in [3.8, 4) is 0 Å². The number of rotatable bonds is 13. The zero-order chi connectivity index (χ0) is 30.0. The fourth-order valence-electron chi connectivity index (χ4n) is 4.61. The Balaban J connectivity index is 1.60. The van der Waals surface area contributed by atoms with Gasteiger partial charge in [-0.3, -0.25) is 4.79 Å². The molecular formula is C34H42O8. The van der Waals surface area contributed by atoms with E-state index in [4.69, 9.17) is 28.4 Å². The minimum Gasteiger partial charge on any atom is -0.432 e. The number of benzene rings is 3. The van der Waals surface area contributed by atoms with Crippen molar-refractivity contribution < 1.29 is 38.3 Å². The highest BCUT2D eigenvalue weighted by Gasteiger charge is 2.51. The van der Waals surface area contributed by atoms with Crippen LogP contribution in [-0.4, -0.2) is 61.6 Å². The van der Waals surface area contributed by atoms with Crippen molar-refractivity contribution in [3.05, 3.63) is 108 Å². The van der Waals surface area contributed by atoms with E-state index in [9.17, 15) is 9.90 Å². The standard InChI is InChI=1S/C34H42O8/c1-34(2,3)33(36)42-32-28(35)30(39-21-25-16-10-6-11-17-25)31(40-22-26-18-12-7-13-19-26)29(41-32)27(37-4)23-38-20-24-14-8-5-9-15-24/h5-19,27-32,35H,20-23H2,1-4H3/t27-,28-,29+,30+,31+,32+/m1/s1. The largest absolute Gasteiger partial charge is 0.432 e. The Morgan fingerprint density at radius 2 is 1.26 bits per heavy atom. The minimum absolute atomic E-state index is 0.169. The summed E-state index contributed by atoms with van der Waals surface area (Å²) in [7, 11) is 1.56. The molecule has 226 valence electrons. The van der Waals surface area contributed by atoms with E-state index in [1.807, 2.05) is 91.0 Å².